The van der Waals surface area contributed by atoms with Gasteiger partial charge in [0.15, 0.2) is 0 Å². The van der Waals surface area contributed by atoms with Gasteiger partial charge in [-0.25, -0.2) is 0 Å². The molecule has 0 saturated carbocycles. The zero-order chi connectivity index (χ0) is 10.1. The number of carboxylic acids is 1. The summed E-state index contributed by atoms with van der Waals surface area (Å²) in [5.74, 6) is -0.811. The van der Waals surface area contributed by atoms with Crippen molar-refractivity contribution in [3.05, 3.63) is 0 Å². The van der Waals surface area contributed by atoms with E-state index in [0.717, 1.165) is 19.4 Å². The molecule has 1 unspecified atom stereocenters. The average Bonchev–Trinajstić information content (AvgIpc) is 2.10. The molecule has 0 heterocycles. The predicted octanol–water partition coefficient (Wildman–Crippen LogP) is 0.866. The molecule has 13 heavy (non-hydrogen) atoms. The van der Waals surface area contributed by atoms with Gasteiger partial charge in [0, 0.05) is 13.2 Å². The molecule has 2 N–H and O–H groups in total. The van der Waals surface area contributed by atoms with Crippen molar-refractivity contribution in [2.45, 2.75) is 32.7 Å². The maximum absolute atomic E-state index is 10.4. The van der Waals surface area contributed by atoms with Crippen molar-refractivity contribution >= 4 is 5.97 Å². The topological polar surface area (TPSA) is 58.6 Å². The molecule has 1 atom stereocenters. The van der Waals surface area contributed by atoms with E-state index in [-0.39, 0.29) is 0 Å². The lowest BCUT2D eigenvalue weighted by Crippen LogP contribution is -2.34. The van der Waals surface area contributed by atoms with Crippen LogP contribution in [-0.2, 0) is 9.53 Å². The van der Waals surface area contributed by atoms with Crippen LogP contribution in [0.15, 0.2) is 0 Å². The molecule has 0 fully saturated rings. The molecule has 4 nitrogen and oxygen atoms in total. The minimum Gasteiger partial charge on any atom is -0.480 e. The highest BCUT2D eigenvalue weighted by Gasteiger charge is 2.07. The fraction of sp³-hybridized carbons (Fsp3) is 0.889. The highest BCUT2D eigenvalue weighted by molar-refractivity contribution is 5.72. The van der Waals surface area contributed by atoms with Crippen molar-refractivity contribution in [2.75, 3.05) is 19.8 Å². The second-order valence-electron chi connectivity index (χ2n) is 2.98. The lowest BCUT2D eigenvalue weighted by molar-refractivity contribution is -0.139. The second-order valence-corrected chi connectivity index (χ2v) is 2.98. The molecule has 78 valence electrons. The Hall–Kier alpha value is -0.610. The molecule has 0 saturated heterocycles. The molecule has 0 spiro atoms. The van der Waals surface area contributed by atoms with Gasteiger partial charge in [-0.1, -0.05) is 6.92 Å². The molecular weight excluding hydrogens is 170 g/mol. The number of rotatable bonds is 8. The first kappa shape index (κ1) is 12.4. The first-order valence-electron chi connectivity index (χ1n) is 4.72. The predicted molar refractivity (Wildman–Crippen MR) is 50.8 cm³/mol. The maximum atomic E-state index is 10.4. The summed E-state index contributed by atoms with van der Waals surface area (Å²) in [7, 11) is 0. The van der Waals surface area contributed by atoms with Crippen LogP contribution in [0.2, 0.25) is 0 Å². The molecule has 4 heteroatoms. The molecule has 0 aliphatic carbocycles. The average molecular weight is 189 g/mol. The Morgan fingerprint density at radius 2 is 2.23 bits per heavy atom. The second kappa shape index (κ2) is 8.01. The molecule has 0 aliphatic rings. The van der Waals surface area contributed by atoms with Gasteiger partial charge in [0.1, 0.15) is 6.04 Å². The van der Waals surface area contributed by atoms with Crippen LogP contribution in [0.5, 0.6) is 0 Å². The molecule has 0 bridgehead atoms. The Kier molecular flexibility index (Phi) is 7.63. The van der Waals surface area contributed by atoms with Gasteiger partial charge in [0.2, 0.25) is 0 Å². The van der Waals surface area contributed by atoms with Crippen molar-refractivity contribution in [2.24, 2.45) is 0 Å². The summed E-state index contributed by atoms with van der Waals surface area (Å²) in [5, 5.41) is 11.4. The van der Waals surface area contributed by atoms with Gasteiger partial charge in [-0.05, 0) is 26.3 Å². The molecule has 0 aliphatic heterocycles. The molecule has 0 aromatic carbocycles. The summed E-state index contributed by atoms with van der Waals surface area (Å²) in [5.41, 5.74) is 0. The Morgan fingerprint density at radius 1 is 1.54 bits per heavy atom. The van der Waals surface area contributed by atoms with Gasteiger partial charge in [-0.3, -0.25) is 4.79 Å². The summed E-state index contributed by atoms with van der Waals surface area (Å²) in [6, 6.07) is -0.467. The largest absolute Gasteiger partial charge is 0.480 e. The first-order valence-corrected chi connectivity index (χ1v) is 4.72. The van der Waals surface area contributed by atoms with Gasteiger partial charge in [-0.2, -0.15) is 0 Å². The molecule has 0 aromatic heterocycles. The van der Waals surface area contributed by atoms with Crippen molar-refractivity contribution in [1.29, 1.82) is 0 Å². The van der Waals surface area contributed by atoms with Gasteiger partial charge >= 0.3 is 5.97 Å². The van der Waals surface area contributed by atoms with Crippen LogP contribution in [0.4, 0.5) is 0 Å². The van der Waals surface area contributed by atoms with Gasteiger partial charge < -0.3 is 15.2 Å². The molecule has 0 amide bonds. The molecular formula is C9H19NO3. The van der Waals surface area contributed by atoms with Crippen LogP contribution in [0.1, 0.15) is 26.7 Å². The molecule has 0 radical (unpaired) electrons. The number of hydrogen-bond donors (Lipinski definition) is 2. The number of ether oxygens (including phenoxy) is 1. The van der Waals surface area contributed by atoms with Crippen LogP contribution >= 0.6 is 0 Å². The lowest BCUT2D eigenvalue weighted by atomic mass is 10.3. The summed E-state index contributed by atoms with van der Waals surface area (Å²) in [6.07, 6.45) is 1.89. The smallest absolute Gasteiger partial charge is 0.320 e. The summed E-state index contributed by atoms with van der Waals surface area (Å²) in [6.45, 7) is 5.87. The van der Waals surface area contributed by atoms with Crippen molar-refractivity contribution < 1.29 is 14.6 Å². The quantitative estimate of drug-likeness (QED) is 0.556. The Balaban J connectivity index is 3.11. The van der Waals surface area contributed by atoms with E-state index in [1.54, 1.807) is 6.92 Å². The van der Waals surface area contributed by atoms with E-state index in [9.17, 15) is 4.79 Å². The third-order valence-electron chi connectivity index (χ3n) is 1.63. The number of aliphatic carboxylic acids is 1. The van der Waals surface area contributed by atoms with Crippen molar-refractivity contribution in [3.63, 3.8) is 0 Å². The van der Waals surface area contributed by atoms with Crippen LogP contribution in [0, 0.1) is 0 Å². The van der Waals surface area contributed by atoms with E-state index in [2.05, 4.69) is 12.2 Å². The number of carboxylic acid groups (broad SMARTS) is 1. The van der Waals surface area contributed by atoms with E-state index < -0.39 is 12.0 Å². The lowest BCUT2D eigenvalue weighted by Gasteiger charge is -2.08. The molecule has 0 aromatic rings. The first-order chi connectivity index (χ1) is 6.18. The fourth-order valence-corrected chi connectivity index (χ4v) is 0.827. The van der Waals surface area contributed by atoms with E-state index in [4.69, 9.17) is 9.84 Å². The van der Waals surface area contributed by atoms with Gasteiger partial charge in [0.25, 0.3) is 0 Å². The summed E-state index contributed by atoms with van der Waals surface area (Å²) >= 11 is 0. The summed E-state index contributed by atoms with van der Waals surface area (Å²) in [4.78, 5) is 10.4. The molecule has 0 rings (SSSR count). The SMILES string of the molecule is CCCOCCCNC(C)C(=O)O. The fourth-order valence-electron chi connectivity index (χ4n) is 0.827. The standard InChI is InChI=1S/C9H19NO3/c1-3-6-13-7-4-5-10-8(2)9(11)12/h8,10H,3-7H2,1-2H3,(H,11,12). The van der Waals surface area contributed by atoms with Crippen LogP contribution in [0.3, 0.4) is 0 Å². The van der Waals surface area contributed by atoms with E-state index >= 15 is 0 Å². The highest BCUT2D eigenvalue weighted by atomic mass is 16.5. The van der Waals surface area contributed by atoms with E-state index in [1.165, 1.54) is 0 Å². The Bertz CT molecular complexity index is 139. The third kappa shape index (κ3) is 7.74. The zero-order valence-electron chi connectivity index (χ0n) is 8.38. The minimum absolute atomic E-state index is 0.467. The van der Waals surface area contributed by atoms with Crippen LogP contribution in [-0.4, -0.2) is 36.9 Å². The van der Waals surface area contributed by atoms with Gasteiger partial charge in [0.05, 0.1) is 0 Å². The number of nitrogens with one attached hydrogen (secondary N) is 1. The summed E-state index contributed by atoms with van der Waals surface area (Å²) < 4.78 is 5.24. The van der Waals surface area contributed by atoms with Crippen LogP contribution < -0.4 is 5.32 Å². The third-order valence-corrected chi connectivity index (χ3v) is 1.63. The monoisotopic (exact) mass is 189 g/mol. The van der Waals surface area contributed by atoms with Gasteiger partial charge in [-0.15, -0.1) is 0 Å². The zero-order valence-corrected chi connectivity index (χ0v) is 8.38. The minimum atomic E-state index is -0.811. The van der Waals surface area contributed by atoms with Crippen molar-refractivity contribution in [3.8, 4) is 0 Å². The Labute approximate surface area is 79.3 Å². The normalized spacial score (nSPS) is 12.8. The number of carbonyl (C=O) groups is 1. The Morgan fingerprint density at radius 3 is 2.77 bits per heavy atom. The van der Waals surface area contributed by atoms with E-state index in [0.29, 0.717) is 13.2 Å². The van der Waals surface area contributed by atoms with Crippen LogP contribution in [0.25, 0.3) is 0 Å². The maximum Gasteiger partial charge on any atom is 0.320 e. The van der Waals surface area contributed by atoms with Crippen molar-refractivity contribution in [1.82, 2.24) is 5.32 Å². The number of hydrogen-bond acceptors (Lipinski definition) is 3. The van der Waals surface area contributed by atoms with E-state index in [1.807, 2.05) is 0 Å². The highest BCUT2D eigenvalue weighted by Crippen LogP contribution is 1.86.